The van der Waals surface area contributed by atoms with Crippen molar-refractivity contribution in [2.75, 3.05) is 0 Å². The zero-order chi connectivity index (χ0) is 24.3. The van der Waals surface area contributed by atoms with E-state index in [0.29, 0.717) is 0 Å². The summed E-state index contributed by atoms with van der Waals surface area (Å²) in [6.07, 6.45) is 23.8. The first-order valence-electron chi connectivity index (χ1n) is 14.5. The minimum Gasteiger partial charge on any atom is -0.289 e. The van der Waals surface area contributed by atoms with Crippen LogP contribution in [0.3, 0.4) is 0 Å². The summed E-state index contributed by atoms with van der Waals surface area (Å²) in [4.78, 5) is 12.9. The third-order valence-electron chi connectivity index (χ3n) is 7.07. The Morgan fingerprint density at radius 2 is 0.735 bits per heavy atom. The van der Waals surface area contributed by atoms with Crippen molar-refractivity contribution in [3.05, 3.63) is 70.8 Å². The molecule has 0 amide bonds. The maximum absolute atomic E-state index is 12.9. The van der Waals surface area contributed by atoms with E-state index in [-0.39, 0.29) is 5.78 Å². The molecule has 0 fully saturated rings. The van der Waals surface area contributed by atoms with Crippen LogP contribution in [0.1, 0.15) is 144 Å². The van der Waals surface area contributed by atoms with Crippen molar-refractivity contribution in [3.8, 4) is 0 Å². The van der Waals surface area contributed by atoms with E-state index in [0.717, 1.165) is 24.0 Å². The SMILES string of the molecule is CCCCCCCCCCc1ccc(C(=O)c2ccc(CCCCCCCCCC)cc2)cc1. The highest BCUT2D eigenvalue weighted by Gasteiger charge is 2.09. The molecule has 0 atom stereocenters. The van der Waals surface area contributed by atoms with Crippen LogP contribution in [0.5, 0.6) is 0 Å². The van der Waals surface area contributed by atoms with Gasteiger partial charge in [-0.2, -0.15) is 0 Å². The number of aryl methyl sites for hydroxylation is 2. The predicted octanol–water partition coefficient (Wildman–Crippen LogP) is 10.3. The zero-order valence-corrected chi connectivity index (χ0v) is 22.3. The molecule has 188 valence electrons. The van der Waals surface area contributed by atoms with Gasteiger partial charge in [-0.15, -0.1) is 0 Å². The predicted molar refractivity (Wildman–Crippen MR) is 149 cm³/mol. The summed E-state index contributed by atoms with van der Waals surface area (Å²) in [5.74, 6) is 0.136. The summed E-state index contributed by atoms with van der Waals surface area (Å²) in [5, 5.41) is 0. The molecular formula is C33H50O. The molecule has 0 unspecified atom stereocenters. The van der Waals surface area contributed by atoms with Gasteiger partial charge in [0.1, 0.15) is 0 Å². The second kappa shape index (κ2) is 18.4. The first kappa shape index (κ1) is 28.3. The fourth-order valence-electron chi connectivity index (χ4n) is 4.74. The first-order valence-corrected chi connectivity index (χ1v) is 14.5. The van der Waals surface area contributed by atoms with Gasteiger partial charge in [0, 0.05) is 11.1 Å². The average molecular weight is 463 g/mol. The van der Waals surface area contributed by atoms with Crippen LogP contribution in [0, 0.1) is 0 Å². The molecule has 0 N–H and O–H groups in total. The molecule has 0 heterocycles. The van der Waals surface area contributed by atoms with Gasteiger partial charge in [0.15, 0.2) is 5.78 Å². The smallest absolute Gasteiger partial charge is 0.193 e. The lowest BCUT2D eigenvalue weighted by Crippen LogP contribution is -2.02. The molecular weight excluding hydrogens is 412 g/mol. The molecule has 0 saturated heterocycles. The summed E-state index contributed by atoms with van der Waals surface area (Å²) in [6, 6.07) is 16.6. The number of unbranched alkanes of at least 4 members (excludes halogenated alkanes) is 14. The maximum Gasteiger partial charge on any atom is 0.193 e. The van der Waals surface area contributed by atoms with Crippen molar-refractivity contribution >= 4 is 5.78 Å². The van der Waals surface area contributed by atoms with Crippen LogP contribution < -0.4 is 0 Å². The van der Waals surface area contributed by atoms with Crippen molar-refractivity contribution in [1.82, 2.24) is 0 Å². The van der Waals surface area contributed by atoms with Crippen LogP contribution in [-0.4, -0.2) is 5.78 Å². The summed E-state index contributed by atoms with van der Waals surface area (Å²) in [6.45, 7) is 4.54. The standard InChI is InChI=1S/C33H50O/c1-3-5-7-9-11-13-15-17-19-29-21-25-31(26-22-29)33(34)32-27-23-30(24-28-32)20-18-16-14-12-10-8-6-4-2/h21-28H,3-20H2,1-2H3. The third-order valence-corrected chi connectivity index (χ3v) is 7.07. The van der Waals surface area contributed by atoms with E-state index >= 15 is 0 Å². The molecule has 2 rings (SSSR count). The Hall–Kier alpha value is -1.89. The second-order valence-corrected chi connectivity index (χ2v) is 10.2. The van der Waals surface area contributed by atoms with E-state index in [1.54, 1.807) is 0 Å². The molecule has 34 heavy (non-hydrogen) atoms. The highest BCUT2D eigenvalue weighted by molar-refractivity contribution is 6.08. The van der Waals surface area contributed by atoms with Crippen molar-refractivity contribution in [1.29, 1.82) is 0 Å². The number of benzene rings is 2. The average Bonchev–Trinajstić information content (AvgIpc) is 2.87. The fraction of sp³-hybridized carbons (Fsp3) is 0.606. The minimum atomic E-state index is 0.136. The lowest BCUT2D eigenvalue weighted by molar-refractivity contribution is 0.103. The highest BCUT2D eigenvalue weighted by atomic mass is 16.1. The van der Waals surface area contributed by atoms with Gasteiger partial charge < -0.3 is 0 Å². The highest BCUT2D eigenvalue weighted by Crippen LogP contribution is 2.16. The zero-order valence-electron chi connectivity index (χ0n) is 22.3. The van der Waals surface area contributed by atoms with Gasteiger partial charge in [-0.3, -0.25) is 4.79 Å². The summed E-state index contributed by atoms with van der Waals surface area (Å²) < 4.78 is 0. The van der Waals surface area contributed by atoms with Crippen molar-refractivity contribution in [2.45, 2.75) is 129 Å². The van der Waals surface area contributed by atoms with Crippen LogP contribution in [0.4, 0.5) is 0 Å². The van der Waals surface area contributed by atoms with Gasteiger partial charge in [-0.25, -0.2) is 0 Å². The molecule has 2 aromatic rings. The summed E-state index contributed by atoms with van der Waals surface area (Å²) >= 11 is 0. The quantitative estimate of drug-likeness (QED) is 0.141. The molecule has 0 aromatic heterocycles. The number of carbonyl (C=O) groups excluding carboxylic acids is 1. The molecule has 1 heteroatoms. The number of ketones is 1. The number of carbonyl (C=O) groups is 1. The normalized spacial score (nSPS) is 11.1. The van der Waals surface area contributed by atoms with E-state index in [1.807, 2.05) is 24.3 Å². The molecule has 1 nitrogen and oxygen atoms in total. The fourth-order valence-corrected chi connectivity index (χ4v) is 4.74. The van der Waals surface area contributed by atoms with E-state index in [1.165, 1.54) is 114 Å². The lowest BCUT2D eigenvalue weighted by atomic mass is 9.98. The third kappa shape index (κ3) is 12.0. The van der Waals surface area contributed by atoms with Crippen LogP contribution >= 0.6 is 0 Å². The largest absolute Gasteiger partial charge is 0.289 e. The topological polar surface area (TPSA) is 17.1 Å². The Balaban J connectivity index is 1.65. The molecule has 0 radical (unpaired) electrons. The molecule has 0 aliphatic heterocycles. The van der Waals surface area contributed by atoms with E-state index in [4.69, 9.17) is 0 Å². The first-order chi connectivity index (χ1) is 16.7. The second-order valence-electron chi connectivity index (χ2n) is 10.2. The number of hydrogen-bond acceptors (Lipinski definition) is 1. The van der Waals surface area contributed by atoms with Crippen LogP contribution in [0.2, 0.25) is 0 Å². The Labute approximate surface area is 210 Å². The van der Waals surface area contributed by atoms with Gasteiger partial charge in [0.25, 0.3) is 0 Å². The minimum absolute atomic E-state index is 0.136. The van der Waals surface area contributed by atoms with Crippen molar-refractivity contribution < 1.29 is 4.79 Å². The van der Waals surface area contributed by atoms with Gasteiger partial charge in [-0.05, 0) is 36.8 Å². The van der Waals surface area contributed by atoms with Gasteiger partial charge >= 0.3 is 0 Å². The molecule has 0 bridgehead atoms. The number of hydrogen-bond donors (Lipinski definition) is 0. The molecule has 0 aliphatic rings. The molecule has 2 aromatic carbocycles. The van der Waals surface area contributed by atoms with Gasteiger partial charge in [0.05, 0.1) is 0 Å². The molecule has 0 aliphatic carbocycles. The van der Waals surface area contributed by atoms with E-state index < -0.39 is 0 Å². The number of rotatable bonds is 20. The van der Waals surface area contributed by atoms with E-state index in [2.05, 4.69) is 38.1 Å². The summed E-state index contributed by atoms with van der Waals surface area (Å²) in [5.41, 5.74) is 4.30. The van der Waals surface area contributed by atoms with Crippen molar-refractivity contribution in [2.24, 2.45) is 0 Å². The Bertz CT molecular complexity index is 691. The van der Waals surface area contributed by atoms with Crippen LogP contribution in [0.15, 0.2) is 48.5 Å². The van der Waals surface area contributed by atoms with Gasteiger partial charge in [-0.1, -0.05) is 152 Å². The molecule has 0 saturated carbocycles. The Morgan fingerprint density at radius 3 is 1.06 bits per heavy atom. The molecule has 0 spiro atoms. The monoisotopic (exact) mass is 462 g/mol. The van der Waals surface area contributed by atoms with E-state index in [9.17, 15) is 4.79 Å². The van der Waals surface area contributed by atoms with Crippen LogP contribution in [0.25, 0.3) is 0 Å². The van der Waals surface area contributed by atoms with Crippen LogP contribution in [-0.2, 0) is 12.8 Å². The Kier molecular flexibility index (Phi) is 15.4. The van der Waals surface area contributed by atoms with Crippen molar-refractivity contribution in [3.63, 3.8) is 0 Å². The van der Waals surface area contributed by atoms with Gasteiger partial charge in [0.2, 0.25) is 0 Å². The lowest BCUT2D eigenvalue weighted by Gasteiger charge is -2.06. The summed E-state index contributed by atoms with van der Waals surface area (Å²) in [7, 11) is 0. The Morgan fingerprint density at radius 1 is 0.441 bits per heavy atom. The maximum atomic E-state index is 12.9.